The lowest BCUT2D eigenvalue weighted by molar-refractivity contribution is -0.00961. The zero-order chi connectivity index (χ0) is 15.2. The minimum Gasteiger partial charge on any atom is -0.446 e. The first-order chi connectivity index (χ1) is 10.8. The third kappa shape index (κ3) is 4.17. The molecule has 3 rings (SSSR count). The van der Waals surface area contributed by atoms with E-state index in [1.165, 1.54) is 5.56 Å². The van der Waals surface area contributed by atoms with Gasteiger partial charge >= 0.3 is 6.09 Å². The van der Waals surface area contributed by atoms with E-state index in [1.54, 1.807) is 0 Å². The van der Waals surface area contributed by atoms with E-state index in [0.717, 1.165) is 38.1 Å². The van der Waals surface area contributed by atoms with E-state index in [0.29, 0.717) is 18.5 Å². The molecular formula is C17H23NO3S. The van der Waals surface area contributed by atoms with Gasteiger partial charge in [-0.15, -0.1) is 0 Å². The second-order valence-electron chi connectivity index (χ2n) is 5.74. The van der Waals surface area contributed by atoms with Crippen molar-refractivity contribution in [3.8, 4) is 0 Å². The molecule has 1 aromatic rings. The highest BCUT2D eigenvalue weighted by molar-refractivity contribution is 7.99. The molecule has 2 aliphatic heterocycles. The van der Waals surface area contributed by atoms with Crippen LogP contribution in [0.25, 0.3) is 0 Å². The average Bonchev–Trinajstić information content (AvgIpc) is 2.83. The first kappa shape index (κ1) is 15.7. The number of rotatable bonds is 2. The van der Waals surface area contributed by atoms with Gasteiger partial charge in [0, 0.05) is 36.9 Å². The fourth-order valence-electron chi connectivity index (χ4n) is 2.90. The van der Waals surface area contributed by atoms with Crippen LogP contribution in [0.3, 0.4) is 0 Å². The number of carbonyl (C=O) groups excluding carboxylic acids is 1. The molecule has 0 aromatic heterocycles. The maximum absolute atomic E-state index is 12.3. The molecule has 0 unspecified atom stereocenters. The number of thioether (sulfide) groups is 1. The smallest absolute Gasteiger partial charge is 0.410 e. The summed E-state index contributed by atoms with van der Waals surface area (Å²) in [5.74, 6) is 0.961. The van der Waals surface area contributed by atoms with Gasteiger partial charge in [0.2, 0.25) is 0 Å². The Kier molecular flexibility index (Phi) is 5.62. The van der Waals surface area contributed by atoms with E-state index in [-0.39, 0.29) is 12.2 Å². The van der Waals surface area contributed by atoms with Crippen LogP contribution in [-0.2, 0) is 9.47 Å². The number of amides is 1. The molecule has 0 N–H and O–H groups in total. The van der Waals surface area contributed by atoms with Crippen molar-refractivity contribution in [1.29, 1.82) is 0 Å². The van der Waals surface area contributed by atoms with Crippen LogP contribution >= 0.6 is 11.8 Å². The summed E-state index contributed by atoms with van der Waals surface area (Å²) < 4.78 is 10.9. The van der Waals surface area contributed by atoms with Gasteiger partial charge in [-0.25, -0.2) is 4.79 Å². The number of nitrogens with zero attached hydrogens (tertiary/aromatic N) is 1. The quantitative estimate of drug-likeness (QED) is 0.836. The van der Waals surface area contributed by atoms with Gasteiger partial charge in [-0.3, -0.25) is 0 Å². The topological polar surface area (TPSA) is 38.8 Å². The van der Waals surface area contributed by atoms with Gasteiger partial charge in [-0.1, -0.05) is 30.3 Å². The minimum atomic E-state index is -0.152. The van der Waals surface area contributed by atoms with Crippen LogP contribution in [0, 0.1) is 0 Å². The summed E-state index contributed by atoms with van der Waals surface area (Å²) in [6.07, 6.45) is 2.50. The molecule has 2 aliphatic rings. The predicted molar refractivity (Wildman–Crippen MR) is 88.2 cm³/mol. The van der Waals surface area contributed by atoms with Crippen molar-refractivity contribution in [3.05, 3.63) is 35.9 Å². The normalized spacial score (nSPS) is 23.8. The van der Waals surface area contributed by atoms with Crippen molar-refractivity contribution in [2.75, 3.05) is 32.1 Å². The van der Waals surface area contributed by atoms with Crippen molar-refractivity contribution in [2.24, 2.45) is 0 Å². The molecule has 0 saturated carbocycles. The van der Waals surface area contributed by atoms with Crippen molar-refractivity contribution in [2.45, 2.75) is 30.6 Å². The molecule has 2 fully saturated rings. The third-order valence-corrected chi connectivity index (χ3v) is 5.54. The number of hydrogen-bond acceptors (Lipinski definition) is 4. The van der Waals surface area contributed by atoms with Gasteiger partial charge in [0.15, 0.2) is 0 Å². The van der Waals surface area contributed by atoms with E-state index in [9.17, 15) is 4.79 Å². The van der Waals surface area contributed by atoms with E-state index in [4.69, 9.17) is 9.47 Å². The second-order valence-corrected chi connectivity index (χ2v) is 7.05. The number of hydrogen-bond donors (Lipinski definition) is 0. The van der Waals surface area contributed by atoms with Crippen LogP contribution in [-0.4, -0.2) is 49.2 Å². The Morgan fingerprint density at radius 2 is 1.91 bits per heavy atom. The Bertz CT molecular complexity index is 476. The van der Waals surface area contributed by atoms with Gasteiger partial charge in [0.05, 0.1) is 13.2 Å². The number of benzene rings is 1. The Labute approximate surface area is 136 Å². The van der Waals surface area contributed by atoms with Gasteiger partial charge in [-0.2, -0.15) is 11.8 Å². The van der Waals surface area contributed by atoms with E-state index >= 15 is 0 Å². The maximum Gasteiger partial charge on any atom is 0.410 e. The molecule has 4 nitrogen and oxygen atoms in total. The predicted octanol–water partition coefficient (Wildman–Crippen LogP) is 3.48. The van der Waals surface area contributed by atoms with Crippen LogP contribution in [0.2, 0.25) is 0 Å². The standard InChI is InChI=1S/C17H23NO3S/c19-17(21-15-7-11-20-12-8-15)18-9-6-16(22-13-10-18)14-4-2-1-3-5-14/h1-5,15-16H,6-13H2/t16-/m0/s1. The van der Waals surface area contributed by atoms with Crippen molar-refractivity contribution < 1.29 is 14.3 Å². The number of ether oxygens (including phenoxy) is 2. The largest absolute Gasteiger partial charge is 0.446 e. The molecule has 0 aliphatic carbocycles. The van der Waals surface area contributed by atoms with E-state index in [2.05, 4.69) is 24.3 Å². The number of carbonyl (C=O) groups is 1. The molecule has 22 heavy (non-hydrogen) atoms. The summed E-state index contributed by atoms with van der Waals surface area (Å²) in [5.41, 5.74) is 1.35. The highest BCUT2D eigenvalue weighted by Gasteiger charge is 2.25. The molecule has 120 valence electrons. The molecule has 1 atom stereocenters. The first-order valence-corrected chi connectivity index (χ1v) is 9.07. The zero-order valence-electron chi connectivity index (χ0n) is 12.8. The van der Waals surface area contributed by atoms with Gasteiger partial charge in [-0.05, 0) is 12.0 Å². The highest BCUT2D eigenvalue weighted by Crippen LogP contribution is 2.34. The second kappa shape index (κ2) is 7.88. The fourth-order valence-corrected chi connectivity index (χ4v) is 4.13. The first-order valence-electron chi connectivity index (χ1n) is 8.03. The van der Waals surface area contributed by atoms with Crippen LogP contribution < -0.4 is 0 Å². The van der Waals surface area contributed by atoms with Crippen LogP contribution in [0.15, 0.2) is 30.3 Å². The lowest BCUT2D eigenvalue weighted by Crippen LogP contribution is -2.37. The van der Waals surface area contributed by atoms with Crippen molar-refractivity contribution in [1.82, 2.24) is 4.90 Å². The lowest BCUT2D eigenvalue weighted by Gasteiger charge is -2.26. The Balaban J connectivity index is 1.52. The molecule has 5 heteroatoms. The van der Waals surface area contributed by atoms with Crippen LogP contribution in [0.4, 0.5) is 4.79 Å². The summed E-state index contributed by atoms with van der Waals surface area (Å²) in [5, 5.41) is 0.474. The maximum atomic E-state index is 12.3. The van der Waals surface area contributed by atoms with Gasteiger partial charge in [0.25, 0.3) is 0 Å². The van der Waals surface area contributed by atoms with Crippen molar-refractivity contribution in [3.63, 3.8) is 0 Å². The van der Waals surface area contributed by atoms with E-state index in [1.807, 2.05) is 22.7 Å². The minimum absolute atomic E-state index is 0.0297. The molecule has 1 amide bonds. The van der Waals surface area contributed by atoms with Gasteiger partial charge in [0.1, 0.15) is 6.10 Å². The summed E-state index contributed by atoms with van der Waals surface area (Å²) in [7, 11) is 0. The van der Waals surface area contributed by atoms with Crippen LogP contribution in [0.5, 0.6) is 0 Å². The summed E-state index contributed by atoms with van der Waals surface area (Å²) in [6, 6.07) is 10.6. The molecule has 2 heterocycles. The Morgan fingerprint density at radius 1 is 1.14 bits per heavy atom. The summed E-state index contributed by atoms with van der Waals surface area (Å²) in [6.45, 7) is 2.94. The summed E-state index contributed by atoms with van der Waals surface area (Å²) in [4.78, 5) is 14.2. The monoisotopic (exact) mass is 321 g/mol. The Hall–Kier alpha value is -1.20. The SMILES string of the molecule is O=C(OC1CCOCC1)N1CCS[C@H](c2ccccc2)CC1. The van der Waals surface area contributed by atoms with Gasteiger partial charge < -0.3 is 14.4 Å². The molecular weight excluding hydrogens is 298 g/mol. The van der Waals surface area contributed by atoms with Crippen molar-refractivity contribution >= 4 is 17.9 Å². The lowest BCUT2D eigenvalue weighted by atomic mass is 10.1. The fraction of sp³-hybridized carbons (Fsp3) is 0.588. The van der Waals surface area contributed by atoms with Crippen LogP contribution in [0.1, 0.15) is 30.1 Å². The molecule has 0 bridgehead atoms. The highest BCUT2D eigenvalue weighted by atomic mass is 32.2. The molecule has 2 saturated heterocycles. The molecule has 0 spiro atoms. The third-order valence-electron chi connectivity index (χ3n) is 4.21. The average molecular weight is 321 g/mol. The van der Waals surface area contributed by atoms with E-state index < -0.39 is 0 Å². The molecule has 1 aromatic carbocycles. The zero-order valence-corrected chi connectivity index (χ0v) is 13.6. The summed E-state index contributed by atoms with van der Waals surface area (Å²) >= 11 is 1.93. The Morgan fingerprint density at radius 3 is 2.68 bits per heavy atom. The molecule has 0 radical (unpaired) electrons.